The van der Waals surface area contributed by atoms with Gasteiger partial charge in [-0.2, -0.15) is 0 Å². The summed E-state index contributed by atoms with van der Waals surface area (Å²) in [6.07, 6.45) is 0. The molecule has 0 saturated carbocycles. The maximum atomic E-state index is 5.13. The van der Waals surface area contributed by atoms with Gasteiger partial charge < -0.3 is 15.0 Å². The molecule has 15 heavy (non-hydrogen) atoms. The third-order valence-electron chi connectivity index (χ3n) is 2.55. The lowest BCUT2D eigenvalue weighted by Gasteiger charge is -2.27. The van der Waals surface area contributed by atoms with Gasteiger partial charge in [-0.15, -0.1) is 0 Å². The largest absolute Gasteiger partial charge is 0.384 e. The van der Waals surface area contributed by atoms with Crippen molar-refractivity contribution in [2.24, 2.45) is 11.8 Å². The van der Waals surface area contributed by atoms with E-state index in [1.807, 2.05) is 0 Å². The lowest BCUT2D eigenvalue weighted by molar-refractivity contribution is 0.153. The van der Waals surface area contributed by atoms with Crippen molar-refractivity contribution in [1.29, 1.82) is 0 Å². The van der Waals surface area contributed by atoms with Crippen LogP contribution in [0.2, 0.25) is 0 Å². The van der Waals surface area contributed by atoms with Gasteiger partial charge in [0.25, 0.3) is 0 Å². The average Bonchev–Trinajstić information content (AvgIpc) is 2.11. The summed E-state index contributed by atoms with van der Waals surface area (Å²) in [5.74, 6) is 1.25. The van der Waals surface area contributed by atoms with E-state index in [9.17, 15) is 0 Å². The van der Waals surface area contributed by atoms with E-state index in [1.165, 1.54) is 0 Å². The molecular formula is C12H28N2O. The first-order valence-corrected chi connectivity index (χ1v) is 5.84. The summed E-state index contributed by atoms with van der Waals surface area (Å²) in [6, 6.07) is 0.569. The van der Waals surface area contributed by atoms with Crippen LogP contribution in [0.4, 0.5) is 0 Å². The van der Waals surface area contributed by atoms with Crippen LogP contribution in [0.25, 0.3) is 0 Å². The average molecular weight is 216 g/mol. The summed E-state index contributed by atoms with van der Waals surface area (Å²) in [4.78, 5) is 2.23. The molecule has 0 radical (unpaired) electrons. The Bertz CT molecular complexity index is 149. The fourth-order valence-corrected chi connectivity index (χ4v) is 1.60. The summed E-state index contributed by atoms with van der Waals surface area (Å²) in [5.41, 5.74) is 0. The van der Waals surface area contributed by atoms with Gasteiger partial charge in [0.2, 0.25) is 0 Å². The van der Waals surface area contributed by atoms with Crippen LogP contribution in [-0.2, 0) is 4.74 Å². The number of nitrogens with zero attached hydrogens (tertiary/aromatic N) is 1. The number of methoxy groups -OCH3 is 1. The number of hydrogen-bond acceptors (Lipinski definition) is 3. The molecule has 0 bridgehead atoms. The Kier molecular flexibility index (Phi) is 8.02. The predicted molar refractivity (Wildman–Crippen MR) is 66.2 cm³/mol. The minimum absolute atomic E-state index is 0.569. The standard InChI is InChI=1S/C12H28N2O/c1-10(2)12(8-14(4)5)13-7-11(3)9-15-6/h10-13H,7-9H2,1-6H3. The van der Waals surface area contributed by atoms with Crippen LogP contribution in [-0.4, -0.2) is 51.8 Å². The fraction of sp³-hybridized carbons (Fsp3) is 1.00. The van der Waals surface area contributed by atoms with Crippen molar-refractivity contribution < 1.29 is 4.74 Å². The van der Waals surface area contributed by atoms with Crippen LogP contribution >= 0.6 is 0 Å². The second-order valence-electron chi connectivity index (χ2n) is 5.08. The van der Waals surface area contributed by atoms with E-state index in [-0.39, 0.29) is 0 Å². The van der Waals surface area contributed by atoms with Gasteiger partial charge in [0.05, 0.1) is 0 Å². The van der Waals surface area contributed by atoms with E-state index in [1.54, 1.807) is 7.11 Å². The first kappa shape index (κ1) is 14.9. The molecule has 2 atom stereocenters. The van der Waals surface area contributed by atoms with E-state index >= 15 is 0 Å². The van der Waals surface area contributed by atoms with Crippen molar-refractivity contribution in [2.75, 3.05) is 40.9 Å². The molecule has 0 fully saturated rings. The lowest BCUT2D eigenvalue weighted by atomic mass is 10.0. The zero-order chi connectivity index (χ0) is 11.8. The highest BCUT2D eigenvalue weighted by Crippen LogP contribution is 2.04. The number of rotatable bonds is 8. The molecule has 0 aromatic carbocycles. The van der Waals surface area contributed by atoms with Gasteiger partial charge >= 0.3 is 0 Å². The normalized spacial score (nSPS) is 16.0. The summed E-state index contributed by atoms with van der Waals surface area (Å²) >= 11 is 0. The molecule has 0 aliphatic carbocycles. The Hall–Kier alpha value is -0.120. The zero-order valence-electron chi connectivity index (χ0n) is 11.2. The molecule has 92 valence electrons. The van der Waals surface area contributed by atoms with E-state index in [0.29, 0.717) is 17.9 Å². The molecule has 2 unspecified atom stereocenters. The summed E-state index contributed by atoms with van der Waals surface area (Å²) in [6.45, 7) is 9.70. The number of hydrogen-bond donors (Lipinski definition) is 1. The predicted octanol–water partition coefficient (Wildman–Crippen LogP) is 1.44. The van der Waals surface area contributed by atoms with Gasteiger partial charge in [-0.1, -0.05) is 20.8 Å². The van der Waals surface area contributed by atoms with Crippen molar-refractivity contribution >= 4 is 0 Å². The highest BCUT2D eigenvalue weighted by Gasteiger charge is 2.14. The van der Waals surface area contributed by atoms with E-state index in [2.05, 4.69) is 45.1 Å². The Morgan fingerprint density at radius 1 is 1.20 bits per heavy atom. The second kappa shape index (κ2) is 8.08. The second-order valence-corrected chi connectivity index (χ2v) is 5.08. The van der Waals surface area contributed by atoms with Gasteiger partial charge in [0.1, 0.15) is 0 Å². The van der Waals surface area contributed by atoms with Crippen molar-refractivity contribution in [3.63, 3.8) is 0 Å². The lowest BCUT2D eigenvalue weighted by Crippen LogP contribution is -2.44. The molecule has 0 saturated heterocycles. The maximum absolute atomic E-state index is 5.13. The highest BCUT2D eigenvalue weighted by molar-refractivity contribution is 4.74. The minimum Gasteiger partial charge on any atom is -0.384 e. The van der Waals surface area contributed by atoms with Gasteiger partial charge in [-0.25, -0.2) is 0 Å². The van der Waals surface area contributed by atoms with Crippen LogP contribution in [0, 0.1) is 11.8 Å². The summed E-state index contributed by atoms with van der Waals surface area (Å²) < 4.78 is 5.13. The van der Waals surface area contributed by atoms with Crippen LogP contribution in [0.15, 0.2) is 0 Å². The Morgan fingerprint density at radius 2 is 1.80 bits per heavy atom. The van der Waals surface area contributed by atoms with E-state index in [4.69, 9.17) is 4.74 Å². The summed E-state index contributed by atoms with van der Waals surface area (Å²) in [7, 11) is 6.00. The molecule has 0 aliphatic rings. The van der Waals surface area contributed by atoms with Crippen molar-refractivity contribution in [3.05, 3.63) is 0 Å². The van der Waals surface area contributed by atoms with Gasteiger partial charge in [-0.3, -0.25) is 0 Å². The fourth-order valence-electron chi connectivity index (χ4n) is 1.60. The SMILES string of the molecule is COCC(C)CNC(CN(C)C)C(C)C. The third-order valence-corrected chi connectivity index (χ3v) is 2.55. The Morgan fingerprint density at radius 3 is 2.20 bits per heavy atom. The molecule has 0 spiro atoms. The molecule has 0 heterocycles. The molecule has 0 rings (SSSR count). The first-order valence-electron chi connectivity index (χ1n) is 5.84. The van der Waals surface area contributed by atoms with Gasteiger partial charge in [-0.05, 0) is 25.9 Å². The van der Waals surface area contributed by atoms with Crippen LogP contribution in [0.3, 0.4) is 0 Å². The molecule has 3 heteroatoms. The smallest absolute Gasteiger partial charge is 0.0499 e. The van der Waals surface area contributed by atoms with E-state index in [0.717, 1.165) is 19.7 Å². The van der Waals surface area contributed by atoms with Gasteiger partial charge in [0, 0.05) is 32.8 Å². The van der Waals surface area contributed by atoms with E-state index < -0.39 is 0 Å². The Labute approximate surface area is 95.2 Å². The van der Waals surface area contributed by atoms with Gasteiger partial charge in [0.15, 0.2) is 0 Å². The van der Waals surface area contributed by atoms with Crippen LogP contribution in [0.1, 0.15) is 20.8 Å². The number of nitrogens with one attached hydrogen (secondary N) is 1. The number of likely N-dealkylation sites (N-methyl/N-ethyl adjacent to an activating group) is 1. The number of ether oxygens (including phenoxy) is 1. The van der Waals surface area contributed by atoms with Crippen LogP contribution in [0.5, 0.6) is 0 Å². The molecule has 0 aliphatic heterocycles. The molecular weight excluding hydrogens is 188 g/mol. The topological polar surface area (TPSA) is 24.5 Å². The molecule has 0 aromatic rings. The molecule has 0 amide bonds. The quantitative estimate of drug-likeness (QED) is 0.664. The van der Waals surface area contributed by atoms with Crippen molar-refractivity contribution in [1.82, 2.24) is 10.2 Å². The molecule has 1 N–H and O–H groups in total. The minimum atomic E-state index is 0.569. The highest BCUT2D eigenvalue weighted by atomic mass is 16.5. The monoisotopic (exact) mass is 216 g/mol. The third kappa shape index (κ3) is 7.77. The Balaban J connectivity index is 3.85. The summed E-state index contributed by atoms with van der Waals surface area (Å²) in [5, 5.41) is 3.61. The first-order chi connectivity index (χ1) is 6.97. The zero-order valence-corrected chi connectivity index (χ0v) is 11.2. The van der Waals surface area contributed by atoms with Crippen molar-refractivity contribution in [3.8, 4) is 0 Å². The maximum Gasteiger partial charge on any atom is 0.0499 e. The molecule has 3 nitrogen and oxygen atoms in total. The molecule has 0 aromatic heterocycles. The van der Waals surface area contributed by atoms with Crippen LogP contribution < -0.4 is 5.32 Å². The van der Waals surface area contributed by atoms with Crippen molar-refractivity contribution in [2.45, 2.75) is 26.8 Å².